The first-order chi connectivity index (χ1) is 11.2. The molecule has 0 atom stereocenters. The Morgan fingerprint density at radius 3 is 2.22 bits per heavy atom. The van der Waals surface area contributed by atoms with Crippen molar-refractivity contribution in [2.45, 2.75) is 25.5 Å². The van der Waals surface area contributed by atoms with Crippen molar-refractivity contribution in [2.24, 2.45) is 5.73 Å². The van der Waals surface area contributed by atoms with Gasteiger partial charge in [0.2, 0.25) is 0 Å². The third-order valence-corrected chi connectivity index (χ3v) is 4.28. The molecule has 0 saturated carbocycles. The lowest BCUT2D eigenvalue weighted by molar-refractivity contribution is 0.0541. The zero-order chi connectivity index (χ0) is 16.1. The number of hydrogen-bond acceptors (Lipinski definition) is 3. The van der Waals surface area contributed by atoms with Gasteiger partial charge in [0.1, 0.15) is 6.10 Å². The maximum atomic E-state index is 10.8. The number of rotatable bonds is 4. The summed E-state index contributed by atoms with van der Waals surface area (Å²) in [6, 6.07) is 19.1. The lowest BCUT2D eigenvalue weighted by Crippen LogP contribution is -2.38. The van der Waals surface area contributed by atoms with Gasteiger partial charge in [-0.25, -0.2) is 4.79 Å². The molecule has 0 spiro atoms. The molecule has 1 aliphatic rings. The van der Waals surface area contributed by atoms with Crippen molar-refractivity contribution in [3.05, 3.63) is 60.2 Å². The van der Waals surface area contributed by atoms with Crippen LogP contribution in [0.5, 0.6) is 0 Å². The molecule has 23 heavy (non-hydrogen) atoms. The minimum atomic E-state index is -0.667. The van der Waals surface area contributed by atoms with Crippen LogP contribution in [-0.4, -0.2) is 30.2 Å². The second kappa shape index (κ2) is 7.29. The Labute approximate surface area is 136 Å². The number of nitrogens with two attached hydrogens (primary N) is 1. The van der Waals surface area contributed by atoms with E-state index in [0.29, 0.717) is 0 Å². The van der Waals surface area contributed by atoms with Crippen molar-refractivity contribution in [3.63, 3.8) is 0 Å². The largest absolute Gasteiger partial charge is 0.446 e. The number of carbonyl (C=O) groups excluding carboxylic acids is 1. The van der Waals surface area contributed by atoms with Gasteiger partial charge in [-0.2, -0.15) is 0 Å². The lowest BCUT2D eigenvalue weighted by atomic mass is 10.0. The predicted molar refractivity (Wildman–Crippen MR) is 90.8 cm³/mol. The zero-order valence-corrected chi connectivity index (χ0v) is 13.2. The summed E-state index contributed by atoms with van der Waals surface area (Å²) in [4.78, 5) is 13.2. The molecule has 1 aliphatic heterocycles. The highest BCUT2D eigenvalue weighted by atomic mass is 16.6. The Morgan fingerprint density at radius 2 is 1.61 bits per heavy atom. The fourth-order valence-corrected chi connectivity index (χ4v) is 3.04. The SMILES string of the molecule is NC(=O)OC1CCN(Cc2ccc(-c3ccccc3)cc2)CC1. The minimum Gasteiger partial charge on any atom is -0.446 e. The highest BCUT2D eigenvalue weighted by Gasteiger charge is 2.21. The van der Waals surface area contributed by atoms with Gasteiger partial charge < -0.3 is 10.5 Å². The molecule has 1 saturated heterocycles. The van der Waals surface area contributed by atoms with E-state index in [4.69, 9.17) is 10.5 Å². The van der Waals surface area contributed by atoms with Gasteiger partial charge in [0.05, 0.1) is 0 Å². The lowest BCUT2D eigenvalue weighted by Gasteiger charge is -2.31. The molecule has 1 fully saturated rings. The molecule has 0 aliphatic carbocycles. The standard InChI is InChI=1S/C19H22N2O2/c20-19(22)23-18-10-12-21(13-11-18)14-15-6-8-17(9-7-15)16-4-2-1-3-5-16/h1-9,18H,10-14H2,(H2,20,22). The molecule has 3 rings (SSSR count). The van der Waals surface area contributed by atoms with Gasteiger partial charge in [-0.3, -0.25) is 4.90 Å². The molecular formula is C19H22N2O2. The number of amides is 1. The number of nitrogens with zero attached hydrogens (tertiary/aromatic N) is 1. The first kappa shape index (κ1) is 15.6. The molecule has 0 radical (unpaired) electrons. The number of benzene rings is 2. The van der Waals surface area contributed by atoms with Crippen LogP contribution in [0.4, 0.5) is 4.79 Å². The second-order valence-corrected chi connectivity index (χ2v) is 5.98. The maximum absolute atomic E-state index is 10.8. The first-order valence-corrected chi connectivity index (χ1v) is 8.03. The van der Waals surface area contributed by atoms with E-state index in [9.17, 15) is 4.79 Å². The molecule has 1 heterocycles. The normalized spacial score (nSPS) is 16.2. The fourth-order valence-electron chi connectivity index (χ4n) is 3.04. The van der Waals surface area contributed by atoms with Gasteiger partial charge >= 0.3 is 6.09 Å². The summed E-state index contributed by atoms with van der Waals surface area (Å²) in [6.07, 6.45) is 1.01. The number of piperidine rings is 1. The van der Waals surface area contributed by atoms with Crippen LogP contribution in [0.3, 0.4) is 0 Å². The van der Waals surface area contributed by atoms with E-state index in [1.54, 1.807) is 0 Å². The van der Waals surface area contributed by atoms with Gasteiger partial charge in [0.15, 0.2) is 0 Å². The molecule has 2 aromatic rings. The van der Waals surface area contributed by atoms with E-state index in [-0.39, 0.29) is 6.10 Å². The van der Waals surface area contributed by atoms with Gasteiger partial charge in [-0.1, -0.05) is 54.6 Å². The Balaban J connectivity index is 1.54. The van der Waals surface area contributed by atoms with Crippen LogP contribution in [0.1, 0.15) is 18.4 Å². The van der Waals surface area contributed by atoms with E-state index >= 15 is 0 Å². The van der Waals surface area contributed by atoms with Crippen LogP contribution in [0.15, 0.2) is 54.6 Å². The van der Waals surface area contributed by atoms with Crippen molar-refractivity contribution < 1.29 is 9.53 Å². The Kier molecular flexibility index (Phi) is 4.93. The molecule has 0 unspecified atom stereocenters. The maximum Gasteiger partial charge on any atom is 0.404 e. The molecule has 0 bridgehead atoms. The fraction of sp³-hybridized carbons (Fsp3) is 0.316. The molecule has 1 amide bonds. The third kappa shape index (κ3) is 4.33. The third-order valence-electron chi connectivity index (χ3n) is 4.28. The summed E-state index contributed by atoms with van der Waals surface area (Å²) in [5.74, 6) is 0. The predicted octanol–water partition coefficient (Wildman–Crippen LogP) is 3.41. The van der Waals surface area contributed by atoms with Gasteiger partial charge in [-0.15, -0.1) is 0 Å². The quantitative estimate of drug-likeness (QED) is 0.941. The molecule has 2 aromatic carbocycles. The second-order valence-electron chi connectivity index (χ2n) is 5.98. The van der Waals surface area contributed by atoms with Crippen molar-refractivity contribution in [3.8, 4) is 11.1 Å². The average molecular weight is 310 g/mol. The topological polar surface area (TPSA) is 55.6 Å². The van der Waals surface area contributed by atoms with E-state index in [1.165, 1.54) is 16.7 Å². The van der Waals surface area contributed by atoms with Crippen LogP contribution in [0, 0.1) is 0 Å². The van der Waals surface area contributed by atoms with Gasteiger partial charge in [0, 0.05) is 19.6 Å². The molecule has 0 aromatic heterocycles. The van der Waals surface area contributed by atoms with Gasteiger partial charge in [-0.05, 0) is 29.5 Å². The summed E-state index contributed by atoms with van der Waals surface area (Å²) in [5.41, 5.74) is 8.85. The van der Waals surface area contributed by atoms with Crippen molar-refractivity contribution in [2.75, 3.05) is 13.1 Å². The monoisotopic (exact) mass is 310 g/mol. The number of primary amides is 1. The van der Waals surface area contributed by atoms with E-state index < -0.39 is 6.09 Å². The number of hydrogen-bond donors (Lipinski definition) is 1. The van der Waals surface area contributed by atoms with Crippen LogP contribution in [0.2, 0.25) is 0 Å². The number of ether oxygens (including phenoxy) is 1. The number of likely N-dealkylation sites (tertiary alicyclic amines) is 1. The van der Waals surface area contributed by atoms with Crippen LogP contribution in [0.25, 0.3) is 11.1 Å². The summed E-state index contributed by atoms with van der Waals surface area (Å²) >= 11 is 0. The highest BCUT2D eigenvalue weighted by molar-refractivity contribution is 5.65. The molecule has 2 N–H and O–H groups in total. The van der Waals surface area contributed by atoms with Gasteiger partial charge in [0.25, 0.3) is 0 Å². The Hall–Kier alpha value is -2.33. The molecule has 4 nitrogen and oxygen atoms in total. The molecule has 120 valence electrons. The van der Waals surface area contributed by atoms with Crippen LogP contribution in [-0.2, 0) is 11.3 Å². The van der Waals surface area contributed by atoms with Crippen molar-refractivity contribution >= 4 is 6.09 Å². The van der Waals surface area contributed by atoms with Crippen LogP contribution < -0.4 is 5.73 Å². The molecule has 4 heteroatoms. The highest BCUT2D eigenvalue weighted by Crippen LogP contribution is 2.21. The smallest absolute Gasteiger partial charge is 0.404 e. The average Bonchev–Trinajstić information content (AvgIpc) is 2.58. The van der Waals surface area contributed by atoms with Crippen molar-refractivity contribution in [1.29, 1.82) is 0 Å². The van der Waals surface area contributed by atoms with E-state index in [2.05, 4.69) is 53.4 Å². The minimum absolute atomic E-state index is 0.0239. The number of carbonyl (C=O) groups is 1. The first-order valence-electron chi connectivity index (χ1n) is 8.03. The van der Waals surface area contributed by atoms with E-state index in [1.807, 2.05) is 6.07 Å². The summed E-state index contributed by atoms with van der Waals surface area (Å²) in [5, 5.41) is 0. The summed E-state index contributed by atoms with van der Waals surface area (Å²) < 4.78 is 5.07. The Bertz CT molecular complexity index is 632. The Morgan fingerprint density at radius 1 is 1.00 bits per heavy atom. The summed E-state index contributed by atoms with van der Waals surface area (Å²) in [6.45, 7) is 2.79. The van der Waals surface area contributed by atoms with Crippen LogP contribution >= 0.6 is 0 Å². The van der Waals surface area contributed by atoms with E-state index in [0.717, 1.165) is 32.5 Å². The van der Waals surface area contributed by atoms with Crippen molar-refractivity contribution in [1.82, 2.24) is 4.90 Å². The molecular weight excluding hydrogens is 288 g/mol. The summed E-state index contributed by atoms with van der Waals surface area (Å²) in [7, 11) is 0. The zero-order valence-electron chi connectivity index (χ0n) is 13.2.